The van der Waals surface area contributed by atoms with Crippen LogP contribution in [0.15, 0.2) is 30.5 Å². The average molecular weight is 367 g/mol. The lowest BCUT2D eigenvalue weighted by atomic mass is 9.77. The number of hydrogen-bond donors (Lipinski definition) is 1. The van der Waals surface area contributed by atoms with Crippen LogP contribution in [0, 0.1) is 0 Å². The maximum absolute atomic E-state index is 12.3. The fraction of sp³-hybridized carbons (Fsp3) is 0.421. The smallest absolute Gasteiger partial charge is 0.399 e. The van der Waals surface area contributed by atoms with Crippen LogP contribution in [0.5, 0.6) is 0 Å². The number of amides is 3. The number of nitrogens with one attached hydrogen (secondary N) is 1. The predicted molar refractivity (Wildman–Crippen MR) is 103 cm³/mol. The van der Waals surface area contributed by atoms with Gasteiger partial charge in [-0.3, -0.25) is 20.0 Å². The lowest BCUT2D eigenvalue weighted by molar-refractivity contribution is -0.120. The molecule has 2 aromatic rings. The Hall–Kier alpha value is -2.45. The summed E-state index contributed by atoms with van der Waals surface area (Å²) in [7, 11) is -0.543. The first-order valence-electron chi connectivity index (χ1n) is 9.04. The first kappa shape index (κ1) is 17.9. The van der Waals surface area contributed by atoms with Gasteiger partial charge in [0.2, 0.25) is 5.91 Å². The highest BCUT2D eigenvalue weighted by Gasteiger charge is 2.52. The fourth-order valence-electron chi connectivity index (χ4n) is 3.37. The molecule has 0 radical (unpaired) electrons. The molecule has 8 heteroatoms. The molecule has 1 N–H and O–H groups in total. The second-order valence-corrected chi connectivity index (χ2v) is 7.92. The molecule has 3 amide bonds. The SMILES string of the molecule is CC1(C)OB(c2ccc(N3CCC(=O)NC3=O)c3cccnc23)OC1(C)C. The van der Waals surface area contributed by atoms with Crippen LogP contribution in [-0.4, -0.2) is 41.8 Å². The summed E-state index contributed by atoms with van der Waals surface area (Å²) in [5, 5.41) is 3.18. The van der Waals surface area contributed by atoms with Gasteiger partial charge in [0.1, 0.15) is 0 Å². The molecule has 0 aliphatic carbocycles. The van der Waals surface area contributed by atoms with Crippen molar-refractivity contribution in [3.05, 3.63) is 30.5 Å². The number of nitrogens with zero attached hydrogens (tertiary/aromatic N) is 2. The zero-order chi connectivity index (χ0) is 19.4. The average Bonchev–Trinajstić information content (AvgIpc) is 2.82. The summed E-state index contributed by atoms with van der Waals surface area (Å²) < 4.78 is 12.4. The zero-order valence-corrected chi connectivity index (χ0v) is 15.9. The van der Waals surface area contributed by atoms with Crippen molar-refractivity contribution in [1.82, 2.24) is 10.3 Å². The van der Waals surface area contributed by atoms with Gasteiger partial charge in [0.05, 0.1) is 22.4 Å². The number of anilines is 1. The summed E-state index contributed by atoms with van der Waals surface area (Å²) in [6.07, 6.45) is 1.98. The van der Waals surface area contributed by atoms with E-state index in [-0.39, 0.29) is 12.3 Å². The van der Waals surface area contributed by atoms with Crippen molar-refractivity contribution in [3.63, 3.8) is 0 Å². The minimum absolute atomic E-state index is 0.257. The van der Waals surface area contributed by atoms with Crippen LogP contribution in [-0.2, 0) is 14.1 Å². The van der Waals surface area contributed by atoms with E-state index in [1.165, 1.54) is 0 Å². The number of carbonyl (C=O) groups excluding carboxylic acids is 2. The molecule has 2 saturated heterocycles. The van der Waals surface area contributed by atoms with Crippen molar-refractivity contribution in [2.75, 3.05) is 11.4 Å². The van der Waals surface area contributed by atoms with E-state index in [1.807, 2.05) is 52.0 Å². The highest BCUT2D eigenvalue weighted by Crippen LogP contribution is 2.37. The van der Waals surface area contributed by atoms with Gasteiger partial charge in [0, 0.05) is 30.0 Å². The van der Waals surface area contributed by atoms with Crippen molar-refractivity contribution in [2.24, 2.45) is 0 Å². The van der Waals surface area contributed by atoms with Crippen molar-refractivity contribution < 1.29 is 18.9 Å². The molecule has 140 valence electrons. The van der Waals surface area contributed by atoms with E-state index in [2.05, 4.69) is 10.3 Å². The molecule has 1 aromatic carbocycles. The maximum Gasteiger partial charge on any atom is 0.497 e. The quantitative estimate of drug-likeness (QED) is 0.821. The van der Waals surface area contributed by atoms with Crippen molar-refractivity contribution in [3.8, 4) is 0 Å². The molecule has 1 aromatic heterocycles. The van der Waals surface area contributed by atoms with Gasteiger partial charge in [-0.25, -0.2) is 4.79 Å². The van der Waals surface area contributed by atoms with E-state index in [9.17, 15) is 9.59 Å². The van der Waals surface area contributed by atoms with E-state index in [4.69, 9.17) is 9.31 Å². The highest BCUT2D eigenvalue weighted by atomic mass is 16.7. The summed E-state index contributed by atoms with van der Waals surface area (Å²) in [5.74, 6) is -0.257. The number of hydrogen-bond acceptors (Lipinski definition) is 5. The lowest BCUT2D eigenvalue weighted by Gasteiger charge is -2.32. The second-order valence-electron chi connectivity index (χ2n) is 7.92. The molecule has 0 unspecified atom stereocenters. The fourth-order valence-corrected chi connectivity index (χ4v) is 3.37. The van der Waals surface area contributed by atoms with E-state index < -0.39 is 24.4 Å². The summed E-state index contributed by atoms with van der Waals surface area (Å²) in [6, 6.07) is 7.07. The van der Waals surface area contributed by atoms with Gasteiger partial charge in [0.25, 0.3) is 0 Å². The number of carbonyl (C=O) groups is 2. The van der Waals surface area contributed by atoms with Crippen LogP contribution in [0.1, 0.15) is 34.1 Å². The van der Waals surface area contributed by atoms with E-state index in [0.29, 0.717) is 12.2 Å². The van der Waals surface area contributed by atoms with Gasteiger partial charge in [-0.2, -0.15) is 0 Å². The first-order valence-corrected chi connectivity index (χ1v) is 9.04. The third-order valence-corrected chi connectivity index (χ3v) is 5.63. The van der Waals surface area contributed by atoms with E-state index in [1.54, 1.807) is 11.1 Å². The Kier molecular flexibility index (Phi) is 4.01. The minimum atomic E-state index is -0.543. The van der Waals surface area contributed by atoms with E-state index in [0.717, 1.165) is 16.4 Å². The van der Waals surface area contributed by atoms with Crippen molar-refractivity contribution in [1.29, 1.82) is 0 Å². The van der Waals surface area contributed by atoms with Crippen LogP contribution in [0.4, 0.5) is 10.5 Å². The van der Waals surface area contributed by atoms with Crippen molar-refractivity contribution >= 4 is 41.1 Å². The van der Waals surface area contributed by atoms with E-state index >= 15 is 0 Å². The van der Waals surface area contributed by atoms with Gasteiger partial charge in [-0.05, 0) is 45.9 Å². The molecular weight excluding hydrogens is 345 g/mol. The van der Waals surface area contributed by atoms with Crippen molar-refractivity contribution in [2.45, 2.75) is 45.3 Å². The Morgan fingerprint density at radius 3 is 2.48 bits per heavy atom. The normalized spacial score (nSPS) is 21.6. The molecule has 7 nitrogen and oxygen atoms in total. The Balaban J connectivity index is 1.78. The van der Waals surface area contributed by atoms with Crippen LogP contribution in [0.2, 0.25) is 0 Å². The molecule has 4 rings (SSSR count). The Morgan fingerprint density at radius 2 is 1.81 bits per heavy atom. The molecule has 27 heavy (non-hydrogen) atoms. The summed E-state index contributed by atoms with van der Waals surface area (Å²) in [5.41, 5.74) is 1.35. The molecular formula is C19H22BN3O4. The maximum atomic E-state index is 12.3. The minimum Gasteiger partial charge on any atom is -0.399 e. The molecule has 2 aliphatic heterocycles. The summed E-state index contributed by atoms with van der Waals surface area (Å²) in [6.45, 7) is 8.36. The number of fused-ring (bicyclic) bond motifs is 1. The summed E-state index contributed by atoms with van der Waals surface area (Å²) >= 11 is 0. The Morgan fingerprint density at radius 1 is 1.11 bits per heavy atom. The van der Waals surface area contributed by atoms with Crippen LogP contribution >= 0.6 is 0 Å². The third-order valence-electron chi connectivity index (χ3n) is 5.63. The number of imide groups is 1. The molecule has 0 spiro atoms. The first-order chi connectivity index (χ1) is 12.7. The monoisotopic (exact) mass is 367 g/mol. The summed E-state index contributed by atoms with van der Waals surface area (Å²) in [4.78, 5) is 29.8. The number of aromatic nitrogens is 1. The second kappa shape index (κ2) is 6.04. The highest BCUT2D eigenvalue weighted by molar-refractivity contribution is 6.65. The van der Waals surface area contributed by atoms with Crippen LogP contribution in [0.3, 0.4) is 0 Å². The zero-order valence-electron chi connectivity index (χ0n) is 15.9. The molecule has 0 atom stereocenters. The number of urea groups is 1. The number of rotatable bonds is 2. The van der Waals surface area contributed by atoms with Crippen LogP contribution < -0.4 is 15.7 Å². The molecule has 3 heterocycles. The number of benzene rings is 1. The molecule has 2 aliphatic rings. The number of pyridine rings is 1. The molecule has 2 fully saturated rings. The predicted octanol–water partition coefficient (Wildman–Crippen LogP) is 1.98. The Bertz CT molecular complexity index is 928. The lowest BCUT2D eigenvalue weighted by Crippen LogP contribution is -2.49. The largest absolute Gasteiger partial charge is 0.497 e. The Labute approximate surface area is 158 Å². The van der Waals surface area contributed by atoms with Gasteiger partial charge in [-0.1, -0.05) is 6.07 Å². The topological polar surface area (TPSA) is 80.8 Å². The standard InChI is InChI=1S/C19H22BN3O4/c1-18(2)19(3,4)27-20(26-18)13-7-8-14(12-6-5-10-21-16(12)13)23-11-9-15(24)22-17(23)25/h5-8,10H,9,11H2,1-4H3,(H,22,24,25). The van der Waals surface area contributed by atoms with Gasteiger partial charge in [0.15, 0.2) is 0 Å². The van der Waals surface area contributed by atoms with Gasteiger partial charge in [-0.15, -0.1) is 0 Å². The third kappa shape index (κ3) is 2.89. The molecule has 0 bridgehead atoms. The van der Waals surface area contributed by atoms with Crippen LogP contribution in [0.25, 0.3) is 10.9 Å². The van der Waals surface area contributed by atoms with Gasteiger partial charge >= 0.3 is 13.1 Å². The molecule has 0 saturated carbocycles. The van der Waals surface area contributed by atoms with Gasteiger partial charge < -0.3 is 9.31 Å².